The fourth-order valence-corrected chi connectivity index (χ4v) is 1.79. The van der Waals surface area contributed by atoms with Gasteiger partial charge in [0.05, 0.1) is 0 Å². The summed E-state index contributed by atoms with van der Waals surface area (Å²) in [7, 11) is 0. The number of aliphatic hydroxyl groups is 1. The molecule has 92 valence electrons. The fourth-order valence-electron chi connectivity index (χ4n) is 1.25. The van der Waals surface area contributed by atoms with Crippen LogP contribution in [0.1, 0.15) is 18.6 Å². The number of nitrogens with one attached hydrogen (secondary N) is 1. The highest BCUT2D eigenvalue weighted by Gasteiger charge is 2.19. The molecule has 0 unspecified atom stereocenters. The van der Waals surface area contributed by atoms with Gasteiger partial charge in [0.2, 0.25) is 0 Å². The van der Waals surface area contributed by atoms with E-state index in [1.54, 1.807) is 13.0 Å². The summed E-state index contributed by atoms with van der Waals surface area (Å²) in [6.45, 7) is 5.29. The molecular formula is C12H13Cl2NO2. The summed E-state index contributed by atoms with van der Waals surface area (Å²) in [5, 5.41) is 13.1. The van der Waals surface area contributed by atoms with E-state index in [0.717, 1.165) is 0 Å². The Balaban J connectivity index is 2.84. The highest BCUT2D eigenvalue weighted by molar-refractivity contribution is 6.34. The van der Waals surface area contributed by atoms with Crippen molar-refractivity contribution < 1.29 is 9.90 Å². The quantitative estimate of drug-likeness (QED) is 0.829. The van der Waals surface area contributed by atoms with Crippen molar-refractivity contribution in [2.45, 2.75) is 19.1 Å². The molecule has 0 fully saturated rings. The molecule has 0 aromatic heterocycles. The SMILES string of the molecule is C=C[C@@H](C)NC(=O)[C@H](O)c1cc(Cl)cc(Cl)c1. The molecule has 0 aliphatic heterocycles. The van der Waals surface area contributed by atoms with Gasteiger partial charge in [0.1, 0.15) is 0 Å². The molecule has 0 radical (unpaired) electrons. The van der Waals surface area contributed by atoms with Crippen molar-refractivity contribution in [3.63, 3.8) is 0 Å². The van der Waals surface area contributed by atoms with Gasteiger partial charge in [-0.1, -0.05) is 29.3 Å². The Bertz CT molecular complexity index is 414. The lowest BCUT2D eigenvalue weighted by atomic mass is 10.1. The summed E-state index contributed by atoms with van der Waals surface area (Å²) >= 11 is 11.6. The van der Waals surface area contributed by atoms with Crippen LogP contribution >= 0.6 is 23.2 Å². The van der Waals surface area contributed by atoms with Gasteiger partial charge in [0.25, 0.3) is 5.91 Å². The number of benzene rings is 1. The van der Waals surface area contributed by atoms with Gasteiger partial charge in [-0.25, -0.2) is 0 Å². The van der Waals surface area contributed by atoms with Crippen molar-refractivity contribution in [1.29, 1.82) is 0 Å². The Labute approximate surface area is 110 Å². The molecule has 1 aromatic rings. The van der Waals surface area contributed by atoms with E-state index in [0.29, 0.717) is 15.6 Å². The third-order valence-electron chi connectivity index (χ3n) is 2.17. The molecule has 0 bridgehead atoms. The molecule has 2 N–H and O–H groups in total. The first-order valence-corrected chi connectivity index (χ1v) is 5.76. The van der Waals surface area contributed by atoms with Crippen molar-refractivity contribution >= 4 is 29.1 Å². The van der Waals surface area contributed by atoms with Crippen LogP contribution in [0.25, 0.3) is 0 Å². The number of rotatable bonds is 4. The molecule has 5 heteroatoms. The molecule has 0 saturated heterocycles. The molecule has 1 amide bonds. The first-order chi connectivity index (χ1) is 7.93. The second-order valence-electron chi connectivity index (χ2n) is 3.64. The zero-order valence-corrected chi connectivity index (χ0v) is 10.8. The van der Waals surface area contributed by atoms with Crippen LogP contribution in [0, 0.1) is 0 Å². The van der Waals surface area contributed by atoms with Gasteiger partial charge in [0, 0.05) is 16.1 Å². The highest BCUT2D eigenvalue weighted by Crippen LogP contribution is 2.23. The third kappa shape index (κ3) is 4.04. The molecule has 0 spiro atoms. The molecule has 1 aromatic carbocycles. The largest absolute Gasteiger partial charge is 0.378 e. The molecule has 0 aliphatic rings. The van der Waals surface area contributed by atoms with E-state index < -0.39 is 12.0 Å². The van der Waals surface area contributed by atoms with Crippen LogP contribution in [0.2, 0.25) is 10.0 Å². The maximum atomic E-state index is 11.6. The van der Waals surface area contributed by atoms with Crippen LogP contribution in [0.5, 0.6) is 0 Å². The first kappa shape index (κ1) is 14.0. The van der Waals surface area contributed by atoms with Gasteiger partial charge in [-0.15, -0.1) is 6.58 Å². The predicted octanol–water partition coefficient (Wildman–Crippen LogP) is 2.72. The summed E-state index contributed by atoms with van der Waals surface area (Å²) < 4.78 is 0. The third-order valence-corrected chi connectivity index (χ3v) is 2.61. The van der Waals surface area contributed by atoms with Crippen molar-refractivity contribution in [2.24, 2.45) is 0 Å². The van der Waals surface area contributed by atoms with E-state index in [2.05, 4.69) is 11.9 Å². The standard InChI is InChI=1S/C12H13Cl2NO2/c1-3-7(2)15-12(17)11(16)8-4-9(13)6-10(14)5-8/h3-7,11,16H,1H2,2H3,(H,15,17)/t7-,11-/m1/s1. The smallest absolute Gasteiger partial charge is 0.253 e. The van der Waals surface area contributed by atoms with Crippen LogP contribution in [-0.2, 0) is 4.79 Å². The lowest BCUT2D eigenvalue weighted by Crippen LogP contribution is -2.35. The van der Waals surface area contributed by atoms with Gasteiger partial charge >= 0.3 is 0 Å². The molecular weight excluding hydrogens is 261 g/mol. The molecule has 1 rings (SSSR count). The lowest BCUT2D eigenvalue weighted by molar-refractivity contribution is -0.129. The summed E-state index contributed by atoms with van der Waals surface area (Å²) in [6.07, 6.45) is 0.267. The Morgan fingerprint density at radius 1 is 1.41 bits per heavy atom. The van der Waals surface area contributed by atoms with Crippen LogP contribution < -0.4 is 5.32 Å². The normalized spacial score (nSPS) is 13.9. The maximum Gasteiger partial charge on any atom is 0.253 e. The Hall–Kier alpha value is -1.03. The zero-order chi connectivity index (χ0) is 13.0. The first-order valence-electron chi connectivity index (χ1n) is 5.01. The van der Waals surface area contributed by atoms with E-state index in [1.165, 1.54) is 18.2 Å². The number of aliphatic hydroxyl groups excluding tert-OH is 1. The minimum absolute atomic E-state index is 0.216. The number of amides is 1. The fraction of sp³-hybridized carbons (Fsp3) is 0.250. The molecule has 17 heavy (non-hydrogen) atoms. The van der Waals surface area contributed by atoms with Crippen LogP contribution in [0.15, 0.2) is 30.9 Å². The average molecular weight is 274 g/mol. The van der Waals surface area contributed by atoms with E-state index in [4.69, 9.17) is 23.2 Å². The van der Waals surface area contributed by atoms with E-state index >= 15 is 0 Å². The monoisotopic (exact) mass is 273 g/mol. The second kappa shape index (κ2) is 6.05. The zero-order valence-electron chi connectivity index (χ0n) is 9.28. The van der Waals surface area contributed by atoms with Gasteiger partial charge in [-0.05, 0) is 30.7 Å². The number of halogens is 2. The number of hydrogen-bond acceptors (Lipinski definition) is 2. The summed E-state index contributed by atoms with van der Waals surface area (Å²) in [4.78, 5) is 11.6. The second-order valence-corrected chi connectivity index (χ2v) is 4.51. The van der Waals surface area contributed by atoms with Gasteiger partial charge < -0.3 is 10.4 Å². The van der Waals surface area contributed by atoms with Crippen LogP contribution in [0.3, 0.4) is 0 Å². The van der Waals surface area contributed by atoms with E-state index in [1.807, 2.05) is 0 Å². The Morgan fingerprint density at radius 3 is 2.41 bits per heavy atom. The molecule has 0 saturated carbocycles. The number of hydrogen-bond donors (Lipinski definition) is 2. The minimum atomic E-state index is -1.30. The van der Waals surface area contributed by atoms with E-state index in [-0.39, 0.29) is 6.04 Å². The summed E-state index contributed by atoms with van der Waals surface area (Å²) in [5.74, 6) is -0.518. The average Bonchev–Trinajstić information content (AvgIpc) is 2.26. The van der Waals surface area contributed by atoms with Crippen molar-refractivity contribution in [2.75, 3.05) is 0 Å². The lowest BCUT2D eigenvalue weighted by Gasteiger charge is -2.14. The predicted molar refractivity (Wildman–Crippen MR) is 69.2 cm³/mol. The molecule has 2 atom stereocenters. The number of carbonyl (C=O) groups excluding carboxylic acids is 1. The minimum Gasteiger partial charge on any atom is -0.378 e. The Morgan fingerprint density at radius 2 is 1.94 bits per heavy atom. The van der Waals surface area contributed by atoms with E-state index in [9.17, 15) is 9.90 Å². The van der Waals surface area contributed by atoms with Gasteiger partial charge in [-0.3, -0.25) is 4.79 Å². The van der Waals surface area contributed by atoms with Crippen LogP contribution in [-0.4, -0.2) is 17.1 Å². The summed E-state index contributed by atoms with van der Waals surface area (Å²) in [6, 6.07) is 4.31. The molecule has 3 nitrogen and oxygen atoms in total. The van der Waals surface area contributed by atoms with Crippen molar-refractivity contribution in [3.8, 4) is 0 Å². The van der Waals surface area contributed by atoms with Gasteiger partial charge in [-0.2, -0.15) is 0 Å². The molecule has 0 heterocycles. The number of carbonyl (C=O) groups is 1. The Kier molecular flexibility index (Phi) is 5.00. The van der Waals surface area contributed by atoms with Crippen LogP contribution in [0.4, 0.5) is 0 Å². The maximum absolute atomic E-state index is 11.6. The van der Waals surface area contributed by atoms with Crippen molar-refractivity contribution in [3.05, 3.63) is 46.5 Å². The highest BCUT2D eigenvalue weighted by atomic mass is 35.5. The van der Waals surface area contributed by atoms with Gasteiger partial charge in [0.15, 0.2) is 6.10 Å². The van der Waals surface area contributed by atoms with Crippen molar-refractivity contribution in [1.82, 2.24) is 5.32 Å². The molecule has 0 aliphatic carbocycles. The summed E-state index contributed by atoms with van der Waals surface area (Å²) in [5.41, 5.74) is 0.358. The topological polar surface area (TPSA) is 49.3 Å².